The number of nitrogens with one attached hydrogen (secondary N) is 1. The molecule has 5 atom stereocenters. The number of amides is 1. The zero-order valence-electron chi connectivity index (χ0n) is 21.5. The molecule has 3 aromatic rings. The Hall–Kier alpha value is -3.49. The third kappa shape index (κ3) is 6.75. The van der Waals surface area contributed by atoms with Crippen molar-refractivity contribution in [1.82, 2.24) is 15.0 Å². The third-order valence-electron chi connectivity index (χ3n) is 6.21. The molecule has 1 aromatic heterocycles. The minimum Gasteiger partial charge on any atom is -0.406 e. The Morgan fingerprint density at radius 2 is 1.59 bits per heavy atom. The van der Waals surface area contributed by atoms with Crippen LogP contribution < -0.4 is 10.2 Å². The van der Waals surface area contributed by atoms with Crippen molar-refractivity contribution in [2.75, 3.05) is 21.3 Å². The van der Waals surface area contributed by atoms with Crippen molar-refractivity contribution in [2.24, 2.45) is 0 Å². The van der Waals surface area contributed by atoms with Crippen molar-refractivity contribution in [3.05, 3.63) is 66.6 Å². The minimum absolute atomic E-state index is 0.315. The summed E-state index contributed by atoms with van der Waals surface area (Å²) in [6, 6.07) is 12.0. The summed E-state index contributed by atoms with van der Waals surface area (Å²) in [5.41, 5.74) is 4.64. The highest BCUT2D eigenvalue weighted by Gasteiger charge is 2.46. The van der Waals surface area contributed by atoms with Gasteiger partial charge in [0.25, 0.3) is 5.91 Å². The van der Waals surface area contributed by atoms with Crippen LogP contribution in [0.4, 0.5) is 13.2 Å². The normalized spacial score (nSPS) is 23.4. The van der Waals surface area contributed by atoms with Gasteiger partial charge in [0.2, 0.25) is 6.29 Å². The summed E-state index contributed by atoms with van der Waals surface area (Å²) in [5.74, 6) is -0.813. The van der Waals surface area contributed by atoms with Crippen LogP contribution in [0.25, 0.3) is 16.9 Å². The molecule has 0 aliphatic carbocycles. The smallest absolute Gasteiger partial charge is 0.406 e. The maximum Gasteiger partial charge on any atom is 0.573 e. The van der Waals surface area contributed by atoms with E-state index in [1.807, 2.05) is 6.92 Å². The molecule has 0 spiro atoms. The SMILES string of the molecule is CO[C@@H]1[C@@H](OC)[C@H](C)O[C@@H](ONC(=O)c2ccc(-c3cn(-c4ccc(OC(F)(F)F)cc4)cn3)cc2)[C@@H]1OC. The van der Waals surface area contributed by atoms with E-state index in [2.05, 4.69) is 15.2 Å². The maximum absolute atomic E-state index is 12.7. The molecule has 1 amide bonds. The van der Waals surface area contributed by atoms with E-state index in [-0.39, 0.29) is 18.0 Å². The number of aromatic nitrogens is 2. The number of nitrogens with zero attached hydrogens (tertiary/aromatic N) is 2. The van der Waals surface area contributed by atoms with E-state index in [1.54, 1.807) is 42.1 Å². The lowest BCUT2D eigenvalue weighted by Gasteiger charge is -2.43. The van der Waals surface area contributed by atoms with Gasteiger partial charge in [-0.1, -0.05) is 12.1 Å². The van der Waals surface area contributed by atoms with Gasteiger partial charge in [-0.2, -0.15) is 0 Å². The standard InChI is InChI=1S/C26H28F3N3O7/c1-15-21(34-2)22(35-3)23(36-4)25(37-15)39-31-24(33)17-7-5-16(6-8-17)20-13-32(14-30-20)18-9-11-19(12-10-18)38-26(27,28)29/h5-15,21-23,25H,1-4H3,(H,31,33)/t15-,21-,22+,23+,25-/m0/s1. The molecule has 1 N–H and O–H groups in total. The average molecular weight is 552 g/mol. The molecule has 4 rings (SSSR count). The second-order valence-corrected chi connectivity index (χ2v) is 8.64. The Bertz CT molecular complexity index is 1230. The van der Waals surface area contributed by atoms with Crippen LogP contribution in [0.2, 0.25) is 0 Å². The van der Waals surface area contributed by atoms with Crippen molar-refractivity contribution in [2.45, 2.75) is 44.0 Å². The molecule has 1 aliphatic heterocycles. The zero-order chi connectivity index (χ0) is 28.2. The quantitative estimate of drug-likeness (QED) is 0.400. The van der Waals surface area contributed by atoms with Crippen LogP contribution in [-0.2, 0) is 23.8 Å². The maximum atomic E-state index is 12.7. The molecule has 0 saturated carbocycles. The van der Waals surface area contributed by atoms with Gasteiger partial charge < -0.3 is 28.3 Å². The molecular weight excluding hydrogens is 523 g/mol. The fraction of sp³-hybridized carbons (Fsp3) is 0.385. The molecule has 1 saturated heterocycles. The monoisotopic (exact) mass is 551 g/mol. The predicted octanol–water partition coefficient (Wildman–Crippen LogP) is 3.89. The first kappa shape index (κ1) is 28.5. The lowest BCUT2D eigenvalue weighted by atomic mass is 9.99. The summed E-state index contributed by atoms with van der Waals surface area (Å²) < 4.78 is 64.9. The first-order valence-corrected chi connectivity index (χ1v) is 11.8. The number of hydrogen-bond donors (Lipinski definition) is 1. The van der Waals surface area contributed by atoms with Gasteiger partial charge in [0, 0.05) is 44.3 Å². The summed E-state index contributed by atoms with van der Waals surface area (Å²) in [7, 11) is 4.57. The van der Waals surface area contributed by atoms with Crippen LogP contribution >= 0.6 is 0 Å². The van der Waals surface area contributed by atoms with Crippen molar-refractivity contribution in [1.29, 1.82) is 0 Å². The van der Waals surface area contributed by atoms with E-state index in [4.69, 9.17) is 23.8 Å². The molecule has 1 fully saturated rings. The average Bonchev–Trinajstić information content (AvgIpc) is 3.41. The molecule has 0 unspecified atom stereocenters. The van der Waals surface area contributed by atoms with Crippen LogP contribution in [0.1, 0.15) is 17.3 Å². The molecule has 1 aliphatic rings. The first-order chi connectivity index (χ1) is 18.6. The van der Waals surface area contributed by atoms with Crippen LogP contribution in [-0.4, -0.2) is 73.9 Å². The Morgan fingerprint density at radius 1 is 0.949 bits per heavy atom. The Kier molecular flexibility index (Phi) is 8.87. The number of carbonyl (C=O) groups is 1. The Labute approximate surface area is 222 Å². The summed E-state index contributed by atoms with van der Waals surface area (Å²) in [6.07, 6.45) is -4.33. The molecule has 0 bridgehead atoms. The van der Waals surface area contributed by atoms with Crippen LogP contribution in [0.3, 0.4) is 0 Å². The van der Waals surface area contributed by atoms with E-state index in [9.17, 15) is 18.0 Å². The van der Waals surface area contributed by atoms with Gasteiger partial charge in [0.15, 0.2) is 0 Å². The van der Waals surface area contributed by atoms with E-state index in [0.717, 1.165) is 5.56 Å². The summed E-state index contributed by atoms with van der Waals surface area (Å²) in [5, 5.41) is 0. The zero-order valence-corrected chi connectivity index (χ0v) is 21.5. The molecule has 39 heavy (non-hydrogen) atoms. The number of halogens is 3. The van der Waals surface area contributed by atoms with E-state index < -0.39 is 30.8 Å². The van der Waals surface area contributed by atoms with Gasteiger partial charge in [0.1, 0.15) is 24.1 Å². The second kappa shape index (κ2) is 12.1. The number of imidazole rings is 1. The lowest BCUT2D eigenvalue weighted by molar-refractivity contribution is -0.314. The number of carbonyl (C=O) groups excluding carboxylic acids is 1. The van der Waals surface area contributed by atoms with Gasteiger partial charge in [-0.15, -0.1) is 13.2 Å². The van der Waals surface area contributed by atoms with Crippen molar-refractivity contribution in [3.8, 4) is 22.7 Å². The van der Waals surface area contributed by atoms with Gasteiger partial charge in [-0.25, -0.2) is 15.3 Å². The highest BCUT2D eigenvalue weighted by atomic mass is 19.4. The van der Waals surface area contributed by atoms with Gasteiger partial charge in [-0.3, -0.25) is 4.79 Å². The first-order valence-electron chi connectivity index (χ1n) is 11.8. The largest absolute Gasteiger partial charge is 0.573 e. The van der Waals surface area contributed by atoms with E-state index >= 15 is 0 Å². The van der Waals surface area contributed by atoms with Crippen molar-refractivity contribution >= 4 is 5.91 Å². The second-order valence-electron chi connectivity index (χ2n) is 8.64. The van der Waals surface area contributed by atoms with Crippen molar-refractivity contribution < 1.29 is 46.5 Å². The van der Waals surface area contributed by atoms with Crippen LogP contribution in [0.5, 0.6) is 5.75 Å². The molecular formula is C26H28F3N3O7. The predicted molar refractivity (Wildman–Crippen MR) is 131 cm³/mol. The number of rotatable bonds is 9. The highest BCUT2D eigenvalue weighted by molar-refractivity contribution is 5.93. The number of methoxy groups -OCH3 is 3. The molecule has 210 valence electrons. The van der Waals surface area contributed by atoms with E-state index in [0.29, 0.717) is 16.9 Å². The molecule has 13 heteroatoms. The summed E-state index contributed by atoms with van der Waals surface area (Å²) in [6.45, 7) is 1.81. The number of hydrogen-bond acceptors (Lipinski definition) is 8. The Balaban J connectivity index is 1.37. The van der Waals surface area contributed by atoms with Gasteiger partial charge >= 0.3 is 6.36 Å². The van der Waals surface area contributed by atoms with Crippen LogP contribution in [0.15, 0.2) is 61.1 Å². The summed E-state index contributed by atoms with van der Waals surface area (Å²) in [4.78, 5) is 22.6. The molecule has 10 nitrogen and oxygen atoms in total. The van der Waals surface area contributed by atoms with E-state index in [1.165, 1.54) is 44.8 Å². The van der Waals surface area contributed by atoms with Gasteiger partial charge in [-0.05, 0) is 43.3 Å². The fourth-order valence-electron chi connectivity index (χ4n) is 4.31. The number of alkyl halides is 3. The fourth-order valence-corrected chi connectivity index (χ4v) is 4.31. The van der Waals surface area contributed by atoms with Crippen LogP contribution in [0, 0.1) is 0 Å². The van der Waals surface area contributed by atoms with Gasteiger partial charge in [0.05, 0.1) is 18.1 Å². The highest BCUT2D eigenvalue weighted by Crippen LogP contribution is 2.28. The third-order valence-corrected chi connectivity index (χ3v) is 6.21. The minimum atomic E-state index is -4.76. The number of hydroxylamine groups is 1. The molecule has 2 aromatic carbocycles. The molecule has 0 radical (unpaired) electrons. The lowest BCUT2D eigenvalue weighted by Crippen LogP contribution is -2.60. The molecule has 2 heterocycles. The topological polar surface area (TPSA) is 102 Å². The Morgan fingerprint density at radius 3 is 2.18 bits per heavy atom. The number of benzene rings is 2. The number of ether oxygens (including phenoxy) is 5. The van der Waals surface area contributed by atoms with Crippen molar-refractivity contribution in [3.63, 3.8) is 0 Å². The summed E-state index contributed by atoms with van der Waals surface area (Å²) >= 11 is 0.